The minimum atomic E-state index is -0.426. The van der Waals surface area contributed by atoms with E-state index in [0.29, 0.717) is 5.84 Å². The number of benzene rings is 1. The van der Waals surface area contributed by atoms with Crippen molar-refractivity contribution in [3.63, 3.8) is 0 Å². The molecular weight excluding hydrogens is 196 g/mol. The molecule has 0 spiro atoms. The van der Waals surface area contributed by atoms with Gasteiger partial charge in [0, 0.05) is 0 Å². The van der Waals surface area contributed by atoms with E-state index in [4.69, 9.17) is 5.73 Å². The summed E-state index contributed by atoms with van der Waals surface area (Å²) in [5, 5.41) is 0. The number of amidine groups is 1. The lowest BCUT2D eigenvalue weighted by molar-refractivity contribution is 0.591. The van der Waals surface area contributed by atoms with Gasteiger partial charge in [-0.1, -0.05) is 36.4 Å². The summed E-state index contributed by atoms with van der Waals surface area (Å²) in [4.78, 5) is 4.51. The van der Waals surface area contributed by atoms with Crippen LogP contribution in [0.1, 0.15) is 31.9 Å². The molecule has 1 aromatic rings. The minimum absolute atomic E-state index is 0.426. The van der Waals surface area contributed by atoms with E-state index >= 15 is 0 Å². The van der Waals surface area contributed by atoms with Gasteiger partial charge in [0.05, 0.1) is 5.84 Å². The van der Waals surface area contributed by atoms with Crippen molar-refractivity contribution in [1.29, 1.82) is 0 Å². The first-order valence-electron chi connectivity index (χ1n) is 5.41. The Hall–Kier alpha value is -1.57. The first kappa shape index (κ1) is 12.5. The summed E-state index contributed by atoms with van der Waals surface area (Å²) in [6, 6.07) is 8.30. The quantitative estimate of drug-likeness (QED) is 0.470. The molecule has 0 saturated heterocycles. The third-order valence-electron chi connectivity index (χ3n) is 2.81. The molecule has 0 aliphatic rings. The molecular formula is C14H20N2. The Bertz CT molecular complexity index is 428. The molecule has 1 atom stereocenters. The van der Waals surface area contributed by atoms with Gasteiger partial charge >= 0.3 is 0 Å². The van der Waals surface area contributed by atoms with E-state index in [2.05, 4.69) is 36.7 Å². The molecule has 0 aliphatic carbocycles. The fraction of sp³-hybridized carbons (Fsp3) is 0.357. The molecule has 2 nitrogen and oxygen atoms in total. The highest BCUT2D eigenvalue weighted by atomic mass is 14.9. The normalized spacial score (nSPS) is 15.6. The SMILES string of the molecule is C=C(C)C(C)(N=C(C)N)c1cccc(C)c1. The first-order valence-corrected chi connectivity index (χ1v) is 5.41. The zero-order chi connectivity index (χ0) is 12.3. The molecule has 1 rings (SSSR count). The fourth-order valence-electron chi connectivity index (χ4n) is 1.71. The van der Waals surface area contributed by atoms with E-state index in [1.807, 2.05) is 19.9 Å². The van der Waals surface area contributed by atoms with Crippen LogP contribution in [-0.4, -0.2) is 5.84 Å². The van der Waals surface area contributed by atoms with Gasteiger partial charge in [0.1, 0.15) is 5.54 Å². The van der Waals surface area contributed by atoms with E-state index < -0.39 is 5.54 Å². The van der Waals surface area contributed by atoms with E-state index in [1.54, 1.807) is 6.92 Å². The topological polar surface area (TPSA) is 38.4 Å². The predicted octanol–water partition coefficient (Wildman–Crippen LogP) is 3.16. The maximum absolute atomic E-state index is 5.70. The second kappa shape index (κ2) is 4.52. The molecule has 1 aromatic carbocycles. The van der Waals surface area contributed by atoms with Crippen molar-refractivity contribution in [1.82, 2.24) is 0 Å². The van der Waals surface area contributed by atoms with Crippen LogP contribution in [0, 0.1) is 6.92 Å². The molecule has 1 unspecified atom stereocenters. The smallest absolute Gasteiger partial charge is 0.105 e. The predicted molar refractivity (Wildman–Crippen MR) is 70.6 cm³/mol. The standard InChI is InChI=1S/C14H20N2/c1-10(2)14(5,16-12(4)15)13-8-6-7-11(3)9-13/h6-9H,1H2,2-5H3,(H2,15,16). The summed E-state index contributed by atoms with van der Waals surface area (Å²) >= 11 is 0. The summed E-state index contributed by atoms with van der Waals surface area (Å²) < 4.78 is 0. The average molecular weight is 216 g/mol. The third-order valence-corrected chi connectivity index (χ3v) is 2.81. The summed E-state index contributed by atoms with van der Waals surface area (Å²) in [6.45, 7) is 11.9. The molecule has 0 aliphatic heterocycles. The van der Waals surface area contributed by atoms with Crippen LogP contribution < -0.4 is 5.73 Å². The second-order valence-electron chi connectivity index (χ2n) is 4.48. The highest BCUT2D eigenvalue weighted by molar-refractivity contribution is 5.78. The van der Waals surface area contributed by atoms with Gasteiger partial charge in [-0.3, -0.25) is 4.99 Å². The van der Waals surface area contributed by atoms with Crippen molar-refractivity contribution in [2.45, 2.75) is 33.2 Å². The monoisotopic (exact) mass is 216 g/mol. The van der Waals surface area contributed by atoms with Gasteiger partial charge in [0.2, 0.25) is 0 Å². The van der Waals surface area contributed by atoms with Crippen molar-refractivity contribution in [2.24, 2.45) is 10.7 Å². The van der Waals surface area contributed by atoms with E-state index in [1.165, 1.54) is 5.56 Å². The largest absolute Gasteiger partial charge is 0.388 e. The lowest BCUT2D eigenvalue weighted by Crippen LogP contribution is -2.24. The van der Waals surface area contributed by atoms with Crippen LogP contribution >= 0.6 is 0 Å². The van der Waals surface area contributed by atoms with Crippen LogP contribution in [0.25, 0.3) is 0 Å². The molecule has 0 bridgehead atoms. The van der Waals surface area contributed by atoms with Crippen LogP contribution in [0.2, 0.25) is 0 Å². The van der Waals surface area contributed by atoms with E-state index in [9.17, 15) is 0 Å². The number of rotatable bonds is 3. The van der Waals surface area contributed by atoms with Gasteiger partial charge in [0.15, 0.2) is 0 Å². The Kier molecular flexibility index (Phi) is 3.53. The highest BCUT2D eigenvalue weighted by Crippen LogP contribution is 2.32. The van der Waals surface area contributed by atoms with Crippen molar-refractivity contribution in [3.8, 4) is 0 Å². The fourth-order valence-corrected chi connectivity index (χ4v) is 1.71. The Morgan fingerprint density at radius 2 is 2.00 bits per heavy atom. The lowest BCUT2D eigenvalue weighted by atomic mass is 9.86. The maximum atomic E-state index is 5.70. The van der Waals surface area contributed by atoms with E-state index in [-0.39, 0.29) is 0 Å². The number of nitrogens with two attached hydrogens (primary N) is 1. The number of aliphatic imine (C=N–C) groups is 1. The summed E-state index contributed by atoms with van der Waals surface area (Å²) in [5.41, 5.74) is 8.61. The van der Waals surface area contributed by atoms with Gasteiger partial charge < -0.3 is 5.73 Å². The van der Waals surface area contributed by atoms with Crippen LogP contribution in [0.5, 0.6) is 0 Å². The van der Waals surface area contributed by atoms with Crippen molar-refractivity contribution >= 4 is 5.84 Å². The first-order chi connectivity index (χ1) is 7.36. The molecule has 0 fully saturated rings. The van der Waals surface area contributed by atoms with Gasteiger partial charge in [-0.15, -0.1) is 0 Å². The summed E-state index contributed by atoms with van der Waals surface area (Å²) in [5.74, 6) is 0.576. The number of aryl methyl sites for hydroxylation is 1. The van der Waals surface area contributed by atoms with Crippen LogP contribution in [-0.2, 0) is 5.54 Å². The Morgan fingerprint density at radius 3 is 2.44 bits per heavy atom. The molecule has 0 radical (unpaired) electrons. The average Bonchev–Trinajstić information content (AvgIpc) is 2.16. The third kappa shape index (κ3) is 2.51. The molecule has 0 amide bonds. The molecule has 2 heteroatoms. The lowest BCUT2D eigenvalue weighted by Gasteiger charge is -2.27. The highest BCUT2D eigenvalue weighted by Gasteiger charge is 2.26. The van der Waals surface area contributed by atoms with Gasteiger partial charge in [-0.2, -0.15) is 0 Å². The maximum Gasteiger partial charge on any atom is 0.105 e. The second-order valence-corrected chi connectivity index (χ2v) is 4.48. The number of hydrogen-bond acceptors (Lipinski definition) is 1. The number of hydrogen-bond donors (Lipinski definition) is 1. The molecule has 0 heterocycles. The van der Waals surface area contributed by atoms with E-state index in [0.717, 1.165) is 11.1 Å². The number of nitrogens with zero attached hydrogens (tertiary/aromatic N) is 1. The zero-order valence-electron chi connectivity index (χ0n) is 10.5. The molecule has 0 aromatic heterocycles. The Morgan fingerprint density at radius 1 is 1.38 bits per heavy atom. The zero-order valence-corrected chi connectivity index (χ0v) is 10.5. The molecule has 86 valence electrons. The van der Waals surface area contributed by atoms with Gasteiger partial charge in [-0.05, 0) is 38.8 Å². The van der Waals surface area contributed by atoms with Crippen molar-refractivity contribution in [3.05, 3.63) is 47.5 Å². The van der Waals surface area contributed by atoms with Gasteiger partial charge in [0.25, 0.3) is 0 Å². The van der Waals surface area contributed by atoms with Crippen LogP contribution in [0.3, 0.4) is 0 Å². The summed E-state index contributed by atoms with van der Waals surface area (Å²) in [6.07, 6.45) is 0. The van der Waals surface area contributed by atoms with Crippen molar-refractivity contribution in [2.75, 3.05) is 0 Å². The molecule has 2 N–H and O–H groups in total. The van der Waals surface area contributed by atoms with Crippen LogP contribution in [0.15, 0.2) is 41.4 Å². The van der Waals surface area contributed by atoms with Gasteiger partial charge in [-0.25, -0.2) is 0 Å². The molecule has 0 saturated carbocycles. The Labute approximate surface area is 97.9 Å². The summed E-state index contributed by atoms with van der Waals surface area (Å²) in [7, 11) is 0. The minimum Gasteiger partial charge on any atom is -0.388 e. The molecule has 16 heavy (non-hydrogen) atoms. The van der Waals surface area contributed by atoms with Crippen molar-refractivity contribution < 1.29 is 0 Å². The Balaban J connectivity index is 3.33. The van der Waals surface area contributed by atoms with Crippen LogP contribution in [0.4, 0.5) is 0 Å².